The number of aliphatic hydroxyl groups is 1. The molecule has 2 saturated heterocycles. The van der Waals surface area contributed by atoms with Crippen molar-refractivity contribution in [2.75, 3.05) is 27.9 Å². The number of esters is 3. The van der Waals surface area contributed by atoms with Gasteiger partial charge in [0.2, 0.25) is 5.79 Å². The molecule has 1 N–H and O–H groups in total. The van der Waals surface area contributed by atoms with Gasteiger partial charge in [0.25, 0.3) is 11.7 Å². The molecule has 1 aliphatic carbocycles. The highest BCUT2D eigenvalue weighted by Crippen LogP contribution is 2.39. The summed E-state index contributed by atoms with van der Waals surface area (Å²) in [6.07, 6.45) is 4.81. The minimum atomic E-state index is -2.54. The van der Waals surface area contributed by atoms with Crippen LogP contribution in [0, 0.1) is 29.6 Å². The Balaban J connectivity index is 1.83. The summed E-state index contributed by atoms with van der Waals surface area (Å²) in [5.41, 5.74) is 1.55. The van der Waals surface area contributed by atoms with Crippen LogP contribution in [0.2, 0.25) is 0 Å². The summed E-state index contributed by atoms with van der Waals surface area (Å²) in [4.78, 5) is 83.3. The number of carbonyl (C=O) groups excluding carboxylic acids is 6. The van der Waals surface area contributed by atoms with Crippen LogP contribution in [0.5, 0.6) is 0 Å². The average molecular weight is 888 g/mol. The van der Waals surface area contributed by atoms with Crippen LogP contribution in [0.1, 0.15) is 119 Å². The molecular formula is C48H73NO14. The molecule has 0 aromatic heterocycles. The van der Waals surface area contributed by atoms with Crippen molar-refractivity contribution in [2.45, 2.75) is 174 Å². The first kappa shape index (κ1) is 51.9. The minimum Gasteiger partial charge on any atom is -0.462 e. The normalized spacial score (nSPS) is 38.0. The molecule has 354 valence electrons. The lowest BCUT2D eigenvalue weighted by atomic mass is 9.81. The van der Waals surface area contributed by atoms with E-state index in [1.165, 1.54) is 33.0 Å². The first-order valence-electron chi connectivity index (χ1n) is 22.7. The van der Waals surface area contributed by atoms with Gasteiger partial charge < -0.3 is 43.2 Å². The van der Waals surface area contributed by atoms with Crippen molar-refractivity contribution >= 4 is 35.4 Å². The van der Waals surface area contributed by atoms with E-state index in [1.54, 1.807) is 34.0 Å². The summed E-state index contributed by atoms with van der Waals surface area (Å²) < 4.78 is 41.6. The molecule has 3 fully saturated rings. The molecule has 0 radical (unpaired) electrons. The van der Waals surface area contributed by atoms with Gasteiger partial charge in [0.1, 0.15) is 36.2 Å². The van der Waals surface area contributed by atoms with Crippen molar-refractivity contribution in [1.29, 1.82) is 0 Å². The standard InChI is InChI=1S/C48H73NO14/c1-12-15-35-21-27(2)20-28(3)22-41(58-10)44-42(59-11)24-30(5)48(56,63-44)45(53)46(54)49-19-14-13-16-36(49)47(55)62-43(31(6)39(26-37(35)52)61-33(8)51)29(4)23-34-17-18-38(60-32(7)50)40(25-34)57-9/h12,21,23,28,30-31,34-36,38-44,56H,1,13-20,22,24-26H2,2-11H3/b27-21+,29-23+/t28-,30+,31+,34-,35+,36-,38+,39-,40+,41-,42-,43+,44+,48+/m0/s1. The second kappa shape index (κ2) is 23.4. The third-order valence-corrected chi connectivity index (χ3v) is 13.5. The van der Waals surface area contributed by atoms with Gasteiger partial charge in [-0.1, -0.05) is 44.6 Å². The summed E-state index contributed by atoms with van der Waals surface area (Å²) in [7, 11) is 4.59. The number of Topliss-reactive ketones (excluding diaryl/α,β-unsaturated/α-hetero) is 2. The van der Waals surface area contributed by atoms with E-state index in [0.717, 1.165) is 5.57 Å². The first-order valence-corrected chi connectivity index (χ1v) is 22.7. The minimum absolute atomic E-state index is 0.0249. The summed E-state index contributed by atoms with van der Waals surface area (Å²) in [6, 6.07) is -1.19. The van der Waals surface area contributed by atoms with Crippen LogP contribution >= 0.6 is 0 Å². The van der Waals surface area contributed by atoms with Gasteiger partial charge in [-0.2, -0.15) is 0 Å². The predicted octanol–water partition coefficient (Wildman–Crippen LogP) is 5.78. The third kappa shape index (κ3) is 13.2. The number of cyclic esters (lactones) is 1. The Morgan fingerprint density at radius 1 is 0.857 bits per heavy atom. The smallest absolute Gasteiger partial charge is 0.329 e. The van der Waals surface area contributed by atoms with Gasteiger partial charge >= 0.3 is 17.9 Å². The molecule has 4 aliphatic rings. The molecule has 15 nitrogen and oxygen atoms in total. The topological polar surface area (TPSA) is 190 Å². The van der Waals surface area contributed by atoms with Crippen LogP contribution in [0.3, 0.4) is 0 Å². The van der Waals surface area contributed by atoms with Crippen molar-refractivity contribution in [3.63, 3.8) is 0 Å². The molecule has 63 heavy (non-hydrogen) atoms. The maximum atomic E-state index is 14.6. The second-order valence-corrected chi connectivity index (χ2v) is 18.4. The molecule has 1 saturated carbocycles. The maximum absolute atomic E-state index is 14.6. The third-order valence-electron chi connectivity index (χ3n) is 13.5. The molecular weight excluding hydrogens is 815 g/mol. The second-order valence-electron chi connectivity index (χ2n) is 18.4. The Morgan fingerprint density at radius 3 is 2.11 bits per heavy atom. The van der Waals surface area contributed by atoms with Gasteiger partial charge in [0, 0.05) is 65.9 Å². The molecule has 3 heterocycles. The van der Waals surface area contributed by atoms with E-state index in [0.29, 0.717) is 56.9 Å². The van der Waals surface area contributed by atoms with Crippen LogP contribution in [0.25, 0.3) is 0 Å². The fourth-order valence-corrected chi connectivity index (χ4v) is 10.1. The summed E-state index contributed by atoms with van der Waals surface area (Å²) >= 11 is 0. The van der Waals surface area contributed by atoms with E-state index in [-0.39, 0.29) is 49.5 Å². The number of allylic oxidation sites excluding steroid dienone is 4. The monoisotopic (exact) mass is 888 g/mol. The number of methoxy groups -OCH3 is 3. The Bertz CT molecular complexity index is 1710. The number of fused-ring (bicyclic) bond motifs is 3. The fourth-order valence-electron chi connectivity index (χ4n) is 10.1. The van der Waals surface area contributed by atoms with E-state index >= 15 is 0 Å². The molecule has 3 aliphatic heterocycles. The van der Waals surface area contributed by atoms with Gasteiger partial charge in [-0.25, -0.2) is 4.79 Å². The number of carbonyl (C=O) groups is 6. The Hall–Kier alpha value is -3.76. The predicted molar refractivity (Wildman–Crippen MR) is 232 cm³/mol. The Morgan fingerprint density at radius 2 is 1.49 bits per heavy atom. The molecule has 14 atom stereocenters. The SMILES string of the molecule is C=CC[C@@H]1/C=C(\C)C[C@H](C)C[C@H](OC)[C@H]2O[C@@](O)(C(=O)C(=O)N3CCCC[C@H]3C(=O)O[C@H](/C(C)=C/[C@@H]3CC[C@@H](OC(C)=O)[C@H](OC)C3)[C@H](C)[C@@H](OC(C)=O)CC1=O)[C@H](C)C[C@@H]2OC. The van der Waals surface area contributed by atoms with Crippen molar-refractivity contribution in [2.24, 2.45) is 29.6 Å². The van der Waals surface area contributed by atoms with Gasteiger partial charge in [-0.05, 0) is 95.5 Å². The maximum Gasteiger partial charge on any atom is 0.329 e. The van der Waals surface area contributed by atoms with E-state index in [9.17, 15) is 33.9 Å². The van der Waals surface area contributed by atoms with Crippen LogP contribution in [0.4, 0.5) is 0 Å². The number of piperidine rings is 1. The number of rotatable bonds is 9. The fraction of sp³-hybridized carbons (Fsp3) is 0.750. The van der Waals surface area contributed by atoms with Gasteiger partial charge in [-0.3, -0.25) is 24.0 Å². The molecule has 4 rings (SSSR count). The van der Waals surface area contributed by atoms with Crippen LogP contribution < -0.4 is 0 Å². The highest BCUT2D eigenvalue weighted by molar-refractivity contribution is 6.39. The van der Waals surface area contributed by atoms with E-state index in [1.807, 2.05) is 26.0 Å². The number of hydrogen-bond donors (Lipinski definition) is 1. The van der Waals surface area contributed by atoms with Crippen molar-refractivity contribution in [1.82, 2.24) is 4.90 Å². The molecule has 0 aromatic carbocycles. The van der Waals surface area contributed by atoms with E-state index < -0.39 is 95.8 Å². The van der Waals surface area contributed by atoms with Crippen LogP contribution in [0.15, 0.2) is 36.0 Å². The van der Waals surface area contributed by atoms with E-state index in [2.05, 4.69) is 6.58 Å². The highest BCUT2D eigenvalue weighted by atomic mass is 16.7. The van der Waals surface area contributed by atoms with Crippen LogP contribution in [-0.2, 0) is 61.9 Å². The highest BCUT2D eigenvalue weighted by Gasteiger charge is 2.56. The Kier molecular flexibility index (Phi) is 19.3. The lowest BCUT2D eigenvalue weighted by Gasteiger charge is -2.47. The number of nitrogens with zero attached hydrogens (tertiary/aromatic N) is 1. The van der Waals surface area contributed by atoms with Gasteiger partial charge in [0.05, 0.1) is 18.3 Å². The molecule has 2 bridgehead atoms. The zero-order chi connectivity index (χ0) is 46.8. The zero-order valence-electron chi connectivity index (χ0n) is 39.1. The van der Waals surface area contributed by atoms with Gasteiger partial charge in [-0.15, -0.1) is 6.58 Å². The summed E-state index contributed by atoms with van der Waals surface area (Å²) in [5.74, 6) is -9.11. The lowest BCUT2D eigenvalue weighted by Crippen LogP contribution is -2.64. The molecule has 0 aromatic rings. The van der Waals surface area contributed by atoms with Gasteiger partial charge in [0.15, 0.2) is 0 Å². The number of ketones is 2. The number of amides is 1. The quantitative estimate of drug-likeness (QED) is 0.127. The largest absolute Gasteiger partial charge is 0.462 e. The molecule has 0 unspecified atom stereocenters. The van der Waals surface area contributed by atoms with Crippen molar-refractivity contribution in [3.05, 3.63) is 36.0 Å². The molecule has 1 amide bonds. The number of ether oxygens (including phenoxy) is 7. The number of hydrogen-bond acceptors (Lipinski definition) is 14. The summed E-state index contributed by atoms with van der Waals surface area (Å²) in [5, 5.41) is 12.1. The summed E-state index contributed by atoms with van der Waals surface area (Å²) in [6.45, 7) is 15.7. The molecule has 0 spiro atoms. The van der Waals surface area contributed by atoms with E-state index in [4.69, 9.17) is 33.2 Å². The van der Waals surface area contributed by atoms with Crippen molar-refractivity contribution < 1.29 is 67.0 Å². The lowest BCUT2D eigenvalue weighted by molar-refractivity contribution is -0.302. The molecule has 15 heteroatoms. The zero-order valence-corrected chi connectivity index (χ0v) is 39.1. The Labute approximate surface area is 373 Å². The van der Waals surface area contributed by atoms with Crippen LogP contribution in [-0.4, -0.2) is 128 Å². The average Bonchev–Trinajstić information content (AvgIpc) is 3.23. The first-order chi connectivity index (χ1) is 29.8. The van der Waals surface area contributed by atoms with Crippen molar-refractivity contribution in [3.8, 4) is 0 Å².